The molecule has 0 saturated carbocycles. The van der Waals surface area contributed by atoms with Crippen molar-refractivity contribution in [3.63, 3.8) is 0 Å². The summed E-state index contributed by atoms with van der Waals surface area (Å²) in [5, 5.41) is 2.81. The van der Waals surface area contributed by atoms with E-state index in [0.717, 1.165) is 11.1 Å². The van der Waals surface area contributed by atoms with Crippen molar-refractivity contribution >= 4 is 17.8 Å². The minimum atomic E-state index is -0.395. The van der Waals surface area contributed by atoms with E-state index in [1.54, 1.807) is 34.7 Å². The van der Waals surface area contributed by atoms with Crippen LogP contribution >= 0.6 is 0 Å². The number of rotatable bonds is 3. The van der Waals surface area contributed by atoms with Gasteiger partial charge in [-0.25, -0.2) is 4.79 Å². The fourth-order valence-electron chi connectivity index (χ4n) is 3.21. The van der Waals surface area contributed by atoms with Crippen molar-refractivity contribution < 1.29 is 19.1 Å². The topological polar surface area (TPSA) is 80.6 Å². The van der Waals surface area contributed by atoms with E-state index in [2.05, 4.69) is 5.32 Å². The van der Waals surface area contributed by atoms with Crippen molar-refractivity contribution in [2.24, 2.45) is 7.05 Å². The smallest absolute Gasteiger partial charge is 0.354 e. The van der Waals surface area contributed by atoms with E-state index in [9.17, 15) is 14.4 Å². The molecule has 0 spiro atoms. The Balaban J connectivity index is 1.80. The van der Waals surface area contributed by atoms with Gasteiger partial charge in [0.2, 0.25) is 5.91 Å². The second-order valence-corrected chi connectivity index (χ2v) is 6.70. The maximum absolute atomic E-state index is 12.8. The quantitative estimate of drug-likeness (QED) is 0.837. The minimum absolute atomic E-state index is 0.0296. The highest BCUT2D eigenvalue weighted by Gasteiger charge is 2.25. The summed E-state index contributed by atoms with van der Waals surface area (Å²) in [5.41, 5.74) is 2.81. The summed E-state index contributed by atoms with van der Waals surface area (Å²) in [6.45, 7) is 2.80. The van der Waals surface area contributed by atoms with E-state index < -0.39 is 5.97 Å². The van der Waals surface area contributed by atoms with Crippen LogP contribution in [0, 0.1) is 0 Å². The number of hydrogen-bond donors (Lipinski definition) is 1. The number of nitrogens with one attached hydrogen (secondary N) is 1. The molecule has 2 amide bonds. The minimum Gasteiger partial charge on any atom is -0.464 e. The van der Waals surface area contributed by atoms with Crippen molar-refractivity contribution in [1.29, 1.82) is 0 Å². The summed E-state index contributed by atoms with van der Waals surface area (Å²) in [6, 6.07) is 8.97. The lowest BCUT2D eigenvalue weighted by Gasteiger charge is -2.26. The van der Waals surface area contributed by atoms with Crippen LogP contribution in [0.4, 0.5) is 0 Å². The Hall–Kier alpha value is -3.09. The van der Waals surface area contributed by atoms with Crippen LogP contribution in [-0.4, -0.2) is 53.5 Å². The second kappa shape index (κ2) is 7.65. The summed E-state index contributed by atoms with van der Waals surface area (Å²) >= 11 is 0. The summed E-state index contributed by atoms with van der Waals surface area (Å²) in [4.78, 5) is 37.9. The average Bonchev–Trinajstić information content (AvgIpc) is 2.98. The normalized spacial score (nSPS) is 17.2. The van der Waals surface area contributed by atoms with Crippen LogP contribution < -0.4 is 5.32 Å². The first kappa shape index (κ1) is 18.7. The molecule has 1 aliphatic heterocycles. The van der Waals surface area contributed by atoms with Gasteiger partial charge in [-0.2, -0.15) is 0 Å². The number of amides is 2. The maximum atomic E-state index is 12.8. The van der Waals surface area contributed by atoms with Crippen LogP contribution in [-0.2, 0) is 16.6 Å². The van der Waals surface area contributed by atoms with Gasteiger partial charge in [-0.15, -0.1) is 0 Å². The molecule has 1 fully saturated rings. The molecule has 2 heterocycles. The molecule has 3 rings (SSSR count). The molecule has 2 aromatic rings. The molecule has 7 heteroatoms. The van der Waals surface area contributed by atoms with Crippen molar-refractivity contribution in [3.8, 4) is 11.1 Å². The Morgan fingerprint density at radius 2 is 1.89 bits per heavy atom. The van der Waals surface area contributed by atoms with Gasteiger partial charge < -0.3 is 19.5 Å². The molecule has 0 radical (unpaired) electrons. The molecule has 1 saturated heterocycles. The van der Waals surface area contributed by atoms with Crippen LogP contribution in [0.1, 0.15) is 34.2 Å². The fourth-order valence-corrected chi connectivity index (χ4v) is 3.21. The number of aromatic nitrogens is 1. The second-order valence-electron chi connectivity index (χ2n) is 6.70. The van der Waals surface area contributed by atoms with Crippen LogP contribution in [0.2, 0.25) is 0 Å². The van der Waals surface area contributed by atoms with Gasteiger partial charge >= 0.3 is 5.97 Å². The predicted octanol–water partition coefficient (Wildman–Crippen LogP) is 1.83. The first-order valence-electron chi connectivity index (χ1n) is 8.83. The van der Waals surface area contributed by atoms with Crippen molar-refractivity contribution in [1.82, 2.24) is 14.8 Å². The molecular formula is C20H23N3O4. The molecule has 0 aliphatic carbocycles. The number of carbonyl (C=O) groups is 3. The first-order chi connectivity index (χ1) is 12.9. The van der Waals surface area contributed by atoms with Gasteiger partial charge in [0.1, 0.15) is 5.69 Å². The summed E-state index contributed by atoms with van der Waals surface area (Å²) in [6.07, 6.45) is 2.16. The van der Waals surface area contributed by atoms with E-state index >= 15 is 0 Å². The Bertz CT molecular complexity index is 870. The number of benzene rings is 1. The molecular weight excluding hydrogens is 346 g/mol. The number of carbonyl (C=O) groups excluding carboxylic acids is 3. The van der Waals surface area contributed by atoms with E-state index in [-0.39, 0.29) is 17.9 Å². The molecule has 1 aromatic heterocycles. The molecule has 7 nitrogen and oxygen atoms in total. The van der Waals surface area contributed by atoms with Gasteiger partial charge in [0, 0.05) is 49.9 Å². The number of ether oxygens (including phenoxy) is 1. The lowest BCUT2D eigenvalue weighted by molar-refractivity contribution is -0.120. The molecule has 0 bridgehead atoms. The molecule has 0 unspecified atom stereocenters. The van der Waals surface area contributed by atoms with E-state index in [1.165, 1.54) is 7.11 Å². The van der Waals surface area contributed by atoms with Crippen molar-refractivity contribution in [3.05, 3.63) is 47.8 Å². The summed E-state index contributed by atoms with van der Waals surface area (Å²) in [5.74, 6) is -0.513. The van der Waals surface area contributed by atoms with E-state index in [1.807, 2.05) is 25.3 Å². The zero-order valence-corrected chi connectivity index (χ0v) is 15.7. The molecule has 1 aromatic carbocycles. The lowest BCUT2D eigenvalue weighted by Crippen LogP contribution is -2.41. The van der Waals surface area contributed by atoms with Crippen LogP contribution in [0.3, 0.4) is 0 Å². The van der Waals surface area contributed by atoms with Gasteiger partial charge in [-0.1, -0.05) is 12.1 Å². The number of nitrogens with zero attached hydrogens (tertiary/aromatic N) is 2. The third-order valence-corrected chi connectivity index (χ3v) is 4.83. The standard InChI is InChI=1S/C20H23N3O4/c1-13-11-21-18(24)8-9-23(13)19(25)15-6-4-14(5-7-15)16-10-17(20(26)27-3)22(2)12-16/h4-7,10,12-13H,8-9,11H2,1-3H3,(H,21,24)/t13-/m1/s1. The fraction of sp³-hybridized carbons (Fsp3) is 0.350. The zero-order chi connectivity index (χ0) is 19.6. The van der Waals surface area contributed by atoms with Crippen LogP contribution in [0.5, 0.6) is 0 Å². The van der Waals surface area contributed by atoms with Gasteiger partial charge in [-0.05, 0) is 30.7 Å². The predicted molar refractivity (Wildman–Crippen MR) is 100 cm³/mol. The van der Waals surface area contributed by atoms with Gasteiger partial charge in [0.15, 0.2) is 0 Å². The highest BCUT2D eigenvalue weighted by atomic mass is 16.5. The zero-order valence-electron chi connectivity index (χ0n) is 15.7. The largest absolute Gasteiger partial charge is 0.464 e. The number of esters is 1. The molecule has 1 N–H and O–H groups in total. The summed E-state index contributed by atoms with van der Waals surface area (Å²) in [7, 11) is 3.13. The molecule has 142 valence electrons. The lowest BCUT2D eigenvalue weighted by atomic mass is 10.1. The monoisotopic (exact) mass is 369 g/mol. The number of hydrogen-bond acceptors (Lipinski definition) is 4. The van der Waals surface area contributed by atoms with Crippen molar-refractivity contribution in [2.75, 3.05) is 20.2 Å². The van der Waals surface area contributed by atoms with Gasteiger partial charge in [0.05, 0.1) is 7.11 Å². The SMILES string of the molecule is COC(=O)c1cc(-c2ccc(C(=O)N3CCC(=O)NC[C@H]3C)cc2)cn1C. The van der Waals surface area contributed by atoms with E-state index in [4.69, 9.17) is 4.74 Å². The first-order valence-corrected chi connectivity index (χ1v) is 8.83. The Kier molecular flexibility index (Phi) is 5.30. The number of aryl methyl sites for hydroxylation is 1. The van der Waals surface area contributed by atoms with Crippen LogP contribution in [0.25, 0.3) is 11.1 Å². The van der Waals surface area contributed by atoms with E-state index in [0.29, 0.717) is 30.8 Å². The third kappa shape index (κ3) is 3.86. The Morgan fingerprint density at radius 3 is 2.56 bits per heavy atom. The van der Waals surface area contributed by atoms with Crippen LogP contribution in [0.15, 0.2) is 36.5 Å². The third-order valence-electron chi connectivity index (χ3n) is 4.83. The van der Waals surface area contributed by atoms with Crippen molar-refractivity contribution in [2.45, 2.75) is 19.4 Å². The number of methoxy groups -OCH3 is 1. The maximum Gasteiger partial charge on any atom is 0.354 e. The summed E-state index contributed by atoms with van der Waals surface area (Å²) < 4.78 is 6.48. The average molecular weight is 369 g/mol. The highest BCUT2D eigenvalue weighted by molar-refractivity contribution is 5.95. The Labute approximate surface area is 157 Å². The molecule has 1 aliphatic rings. The Morgan fingerprint density at radius 1 is 1.19 bits per heavy atom. The highest BCUT2D eigenvalue weighted by Crippen LogP contribution is 2.23. The molecule has 27 heavy (non-hydrogen) atoms. The molecule has 1 atom stereocenters. The van der Waals surface area contributed by atoms with Gasteiger partial charge in [0.25, 0.3) is 5.91 Å². The van der Waals surface area contributed by atoms with Gasteiger partial charge in [-0.3, -0.25) is 9.59 Å².